The van der Waals surface area contributed by atoms with Gasteiger partial charge in [0.2, 0.25) is 0 Å². The quantitative estimate of drug-likeness (QED) is 0.491. The third kappa shape index (κ3) is 3.76. The summed E-state index contributed by atoms with van der Waals surface area (Å²) < 4.78 is 6.79. The van der Waals surface area contributed by atoms with Gasteiger partial charge in [-0.2, -0.15) is 0 Å². The summed E-state index contributed by atoms with van der Waals surface area (Å²) in [6.45, 7) is 0. The summed E-state index contributed by atoms with van der Waals surface area (Å²) in [5.41, 5.74) is 1.14. The molecule has 0 unspecified atom stereocenters. The Hall–Kier alpha value is -1.76. The highest BCUT2D eigenvalue weighted by Gasteiger charge is 2.32. The van der Waals surface area contributed by atoms with Gasteiger partial charge in [0, 0.05) is 10.9 Å². The number of fused-ring (bicyclic) bond motifs is 3. The van der Waals surface area contributed by atoms with Crippen molar-refractivity contribution in [1.82, 2.24) is 0 Å². The first-order valence-electron chi connectivity index (χ1n) is 10.3. The highest BCUT2D eigenvalue weighted by Crippen LogP contribution is 2.41. The minimum Gasteiger partial charge on any atom is -0.482 e. The lowest BCUT2D eigenvalue weighted by Crippen LogP contribution is -2.35. The van der Waals surface area contributed by atoms with Crippen LogP contribution in [0, 0.1) is 0 Å². The van der Waals surface area contributed by atoms with Crippen LogP contribution in [0.3, 0.4) is 0 Å². The van der Waals surface area contributed by atoms with Crippen molar-refractivity contribution in [2.45, 2.75) is 76.2 Å². The topological polar surface area (TPSA) is 9.23 Å². The normalized spacial score (nSPS) is 21.1. The summed E-state index contributed by atoms with van der Waals surface area (Å²) in [5, 5.41) is 2.54. The first kappa shape index (κ1) is 16.7. The van der Waals surface area contributed by atoms with Gasteiger partial charge in [0.1, 0.15) is 11.4 Å². The van der Waals surface area contributed by atoms with E-state index >= 15 is 0 Å². The highest BCUT2D eigenvalue weighted by molar-refractivity contribution is 5.92. The lowest BCUT2D eigenvalue weighted by molar-refractivity contribution is 0.0924. The molecule has 132 valence electrons. The lowest BCUT2D eigenvalue weighted by atomic mass is 9.85. The molecule has 1 aliphatic carbocycles. The molecule has 4 rings (SSSR count). The van der Waals surface area contributed by atoms with Crippen molar-refractivity contribution in [3.8, 4) is 5.75 Å². The van der Waals surface area contributed by atoms with Crippen LogP contribution in [-0.4, -0.2) is 5.60 Å². The van der Waals surface area contributed by atoms with Crippen LogP contribution < -0.4 is 4.74 Å². The van der Waals surface area contributed by atoms with Crippen molar-refractivity contribution in [3.05, 3.63) is 48.0 Å². The smallest absolute Gasteiger partial charge is 0.135 e. The molecule has 2 aromatic rings. The molecule has 25 heavy (non-hydrogen) atoms. The lowest BCUT2D eigenvalue weighted by Gasteiger charge is -2.36. The van der Waals surface area contributed by atoms with Gasteiger partial charge < -0.3 is 4.74 Å². The maximum atomic E-state index is 6.79. The molecule has 1 saturated carbocycles. The molecule has 1 aliphatic heterocycles. The first-order valence-corrected chi connectivity index (χ1v) is 10.3. The summed E-state index contributed by atoms with van der Waals surface area (Å²) in [4.78, 5) is 0. The number of hydrogen-bond acceptors (Lipinski definition) is 1. The highest BCUT2D eigenvalue weighted by atomic mass is 16.5. The molecule has 2 aromatic carbocycles. The second kappa shape index (κ2) is 7.64. The molecule has 1 nitrogen and oxygen atoms in total. The van der Waals surface area contributed by atoms with Gasteiger partial charge in [0.25, 0.3) is 0 Å². The number of rotatable bonds is 0. The fourth-order valence-electron chi connectivity index (χ4n) is 4.46. The zero-order valence-electron chi connectivity index (χ0n) is 15.3. The number of hydrogen-bond donors (Lipinski definition) is 0. The Kier molecular flexibility index (Phi) is 5.10. The molecule has 2 aliphatic rings. The largest absolute Gasteiger partial charge is 0.482 e. The Bertz CT molecular complexity index is 731. The zero-order valence-corrected chi connectivity index (χ0v) is 15.3. The van der Waals surface area contributed by atoms with E-state index in [2.05, 4.69) is 48.6 Å². The summed E-state index contributed by atoms with van der Waals surface area (Å²) in [6.07, 6.45) is 19.3. The minimum absolute atomic E-state index is 0.0870. The number of benzene rings is 2. The fourth-order valence-corrected chi connectivity index (χ4v) is 4.46. The Labute approximate surface area is 152 Å². The molecule has 1 heterocycles. The Morgan fingerprint density at radius 1 is 0.680 bits per heavy atom. The zero-order chi connectivity index (χ0) is 17.0. The SMILES string of the molecule is C1=CC2(CCCCCCCCCCC2)Oc2c1ccc1ccccc21. The Morgan fingerprint density at radius 3 is 2.04 bits per heavy atom. The molecule has 0 amide bonds. The third-order valence-corrected chi connectivity index (χ3v) is 5.98. The second-order valence-electron chi connectivity index (χ2n) is 7.89. The van der Waals surface area contributed by atoms with Gasteiger partial charge >= 0.3 is 0 Å². The van der Waals surface area contributed by atoms with Gasteiger partial charge in [-0.25, -0.2) is 0 Å². The van der Waals surface area contributed by atoms with Gasteiger partial charge in [0.15, 0.2) is 0 Å². The monoisotopic (exact) mass is 334 g/mol. The van der Waals surface area contributed by atoms with Crippen molar-refractivity contribution in [2.24, 2.45) is 0 Å². The van der Waals surface area contributed by atoms with Crippen LogP contribution in [-0.2, 0) is 0 Å². The van der Waals surface area contributed by atoms with Crippen molar-refractivity contribution >= 4 is 16.8 Å². The Balaban J connectivity index is 1.61. The van der Waals surface area contributed by atoms with E-state index in [9.17, 15) is 0 Å². The third-order valence-electron chi connectivity index (χ3n) is 5.98. The summed E-state index contributed by atoms with van der Waals surface area (Å²) >= 11 is 0. The van der Waals surface area contributed by atoms with Gasteiger partial charge in [-0.1, -0.05) is 87.4 Å². The number of ether oxygens (including phenoxy) is 1. The summed E-state index contributed by atoms with van der Waals surface area (Å²) in [7, 11) is 0. The molecule has 0 N–H and O–H groups in total. The molecule has 0 atom stereocenters. The summed E-state index contributed by atoms with van der Waals surface area (Å²) in [6, 6.07) is 13.0. The minimum atomic E-state index is -0.0870. The molecule has 1 fully saturated rings. The first-order chi connectivity index (χ1) is 12.4. The molecule has 0 radical (unpaired) electrons. The van der Waals surface area contributed by atoms with E-state index in [0.29, 0.717) is 0 Å². The van der Waals surface area contributed by atoms with Crippen molar-refractivity contribution in [2.75, 3.05) is 0 Å². The predicted octanol–water partition coefficient (Wildman–Crippen LogP) is 7.29. The van der Waals surface area contributed by atoms with Crippen molar-refractivity contribution < 1.29 is 4.74 Å². The van der Waals surface area contributed by atoms with E-state index < -0.39 is 0 Å². The molecular formula is C24H30O. The van der Waals surface area contributed by atoms with Gasteiger partial charge in [-0.05, 0) is 37.1 Å². The maximum Gasteiger partial charge on any atom is 0.135 e. The van der Waals surface area contributed by atoms with Gasteiger partial charge in [0.05, 0.1) is 0 Å². The molecule has 1 spiro atoms. The average Bonchev–Trinajstić information content (AvgIpc) is 2.65. The van der Waals surface area contributed by atoms with E-state index in [1.807, 2.05) is 0 Å². The van der Waals surface area contributed by atoms with Crippen molar-refractivity contribution in [3.63, 3.8) is 0 Å². The van der Waals surface area contributed by atoms with Gasteiger partial charge in [-0.3, -0.25) is 0 Å². The second-order valence-corrected chi connectivity index (χ2v) is 7.89. The van der Waals surface area contributed by atoms with Crippen LogP contribution in [0.5, 0.6) is 5.75 Å². The van der Waals surface area contributed by atoms with Crippen LogP contribution in [0.2, 0.25) is 0 Å². The molecule has 1 heteroatoms. The van der Waals surface area contributed by atoms with Gasteiger partial charge in [-0.15, -0.1) is 0 Å². The van der Waals surface area contributed by atoms with E-state index in [1.165, 1.54) is 74.1 Å². The average molecular weight is 335 g/mol. The van der Waals surface area contributed by atoms with E-state index in [0.717, 1.165) is 18.6 Å². The molecule has 0 aromatic heterocycles. The summed E-state index contributed by atoms with van der Waals surface area (Å²) in [5.74, 6) is 1.10. The van der Waals surface area contributed by atoms with Crippen LogP contribution in [0.1, 0.15) is 76.2 Å². The van der Waals surface area contributed by atoms with E-state index in [4.69, 9.17) is 4.74 Å². The van der Waals surface area contributed by atoms with Crippen LogP contribution in [0.15, 0.2) is 42.5 Å². The van der Waals surface area contributed by atoms with Crippen LogP contribution in [0.25, 0.3) is 16.8 Å². The molecule has 0 saturated heterocycles. The Morgan fingerprint density at radius 2 is 1.32 bits per heavy atom. The molecule has 0 bridgehead atoms. The van der Waals surface area contributed by atoms with E-state index in [-0.39, 0.29) is 5.60 Å². The standard InChI is InChI=1S/C24H30O/c1-2-4-6-10-17-24(18-11-7-5-3-1)19-16-21-15-14-20-12-8-9-13-22(20)23(21)25-24/h8-9,12-16,19H,1-7,10-11,17-18H2. The fraction of sp³-hybridized carbons (Fsp3) is 0.500. The molecular weight excluding hydrogens is 304 g/mol. The van der Waals surface area contributed by atoms with Crippen molar-refractivity contribution in [1.29, 1.82) is 0 Å². The van der Waals surface area contributed by atoms with Crippen LogP contribution in [0.4, 0.5) is 0 Å². The predicted molar refractivity (Wildman–Crippen MR) is 107 cm³/mol. The maximum absolute atomic E-state index is 6.79. The van der Waals surface area contributed by atoms with Crippen LogP contribution >= 0.6 is 0 Å². The van der Waals surface area contributed by atoms with E-state index in [1.54, 1.807) is 0 Å².